The Hall–Kier alpha value is -3.74. The number of likely N-dealkylation sites (N-methyl/N-ethyl adjacent to an activating group) is 1. The van der Waals surface area contributed by atoms with E-state index in [1.807, 2.05) is 30.3 Å². The standard InChI is InChI=1S/C21H18FN3O3/c1-24(19(26)11-12-20(27)28)13-16-14-25(18-5-3-2-4-6-18)23-21(16)15-7-9-17(22)10-8-15/h2-12,14H,13H2,1H3,(H,27,28). The molecule has 142 valence electrons. The molecule has 6 nitrogen and oxygen atoms in total. The van der Waals surface area contributed by atoms with E-state index in [1.165, 1.54) is 17.0 Å². The van der Waals surface area contributed by atoms with E-state index in [-0.39, 0.29) is 12.4 Å². The highest BCUT2D eigenvalue weighted by Gasteiger charge is 2.16. The van der Waals surface area contributed by atoms with Crippen LogP contribution in [0.1, 0.15) is 5.56 Å². The molecule has 0 saturated carbocycles. The normalized spacial score (nSPS) is 10.9. The van der Waals surface area contributed by atoms with E-state index in [0.717, 1.165) is 23.4 Å². The number of hydrogen-bond donors (Lipinski definition) is 1. The van der Waals surface area contributed by atoms with Gasteiger partial charge in [0.15, 0.2) is 0 Å². The van der Waals surface area contributed by atoms with Crippen LogP contribution in [0.2, 0.25) is 0 Å². The van der Waals surface area contributed by atoms with Crippen LogP contribution in [-0.4, -0.2) is 38.7 Å². The molecule has 1 N–H and O–H groups in total. The molecule has 1 aromatic heterocycles. The Kier molecular flexibility index (Phi) is 5.64. The van der Waals surface area contributed by atoms with Gasteiger partial charge in [0.05, 0.1) is 11.4 Å². The third kappa shape index (κ3) is 4.50. The Bertz CT molecular complexity index is 1010. The molecule has 1 amide bonds. The predicted octanol–water partition coefficient (Wildman–Crippen LogP) is 3.28. The van der Waals surface area contributed by atoms with Gasteiger partial charge in [-0.1, -0.05) is 18.2 Å². The number of carboxylic acids is 1. The molecule has 0 atom stereocenters. The predicted molar refractivity (Wildman–Crippen MR) is 102 cm³/mol. The number of aliphatic carboxylic acids is 1. The highest BCUT2D eigenvalue weighted by atomic mass is 19.1. The molecule has 7 heteroatoms. The highest BCUT2D eigenvalue weighted by Crippen LogP contribution is 2.25. The number of para-hydroxylation sites is 1. The minimum Gasteiger partial charge on any atom is -0.478 e. The van der Waals surface area contributed by atoms with Crippen molar-refractivity contribution in [2.75, 3.05) is 7.05 Å². The third-order valence-electron chi connectivity index (χ3n) is 4.08. The third-order valence-corrected chi connectivity index (χ3v) is 4.08. The van der Waals surface area contributed by atoms with E-state index < -0.39 is 11.9 Å². The van der Waals surface area contributed by atoms with Crippen molar-refractivity contribution >= 4 is 11.9 Å². The quantitative estimate of drug-likeness (QED) is 0.667. The van der Waals surface area contributed by atoms with Crippen LogP contribution in [0.4, 0.5) is 4.39 Å². The van der Waals surface area contributed by atoms with E-state index in [4.69, 9.17) is 5.11 Å². The number of aromatic nitrogens is 2. The Morgan fingerprint density at radius 2 is 1.79 bits per heavy atom. The topological polar surface area (TPSA) is 75.4 Å². The molecule has 0 aliphatic rings. The zero-order chi connectivity index (χ0) is 20.1. The van der Waals surface area contributed by atoms with Gasteiger partial charge in [-0.3, -0.25) is 4.79 Å². The lowest BCUT2D eigenvalue weighted by molar-refractivity contribution is -0.132. The summed E-state index contributed by atoms with van der Waals surface area (Å²) in [5, 5.41) is 13.3. The van der Waals surface area contributed by atoms with E-state index in [2.05, 4.69) is 5.10 Å². The number of amides is 1. The molecule has 28 heavy (non-hydrogen) atoms. The maximum absolute atomic E-state index is 13.3. The van der Waals surface area contributed by atoms with Gasteiger partial charge >= 0.3 is 5.97 Å². The smallest absolute Gasteiger partial charge is 0.328 e. The monoisotopic (exact) mass is 379 g/mol. The minimum absolute atomic E-state index is 0.211. The number of carbonyl (C=O) groups excluding carboxylic acids is 1. The Labute approximate surface area is 161 Å². The lowest BCUT2D eigenvalue weighted by Crippen LogP contribution is -2.24. The molecule has 0 bridgehead atoms. The van der Waals surface area contributed by atoms with Gasteiger partial charge in [0.2, 0.25) is 5.91 Å². The number of carboxylic acid groups (broad SMARTS) is 1. The second-order valence-corrected chi connectivity index (χ2v) is 6.16. The molecule has 0 radical (unpaired) electrons. The van der Waals surface area contributed by atoms with Gasteiger partial charge in [0.1, 0.15) is 5.82 Å². The van der Waals surface area contributed by atoms with Gasteiger partial charge in [0, 0.05) is 43.1 Å². The molecule has 2 aromatic carbocycles. The Morgan fingerprint density at radius 3 is 2.43 bits per heavy atom. The summed E-state index contributed by atoms with van der Waals surface area (Å²) in [5.74, 6) is -1.98. The lowest BCUT2D eigenvalue weighted by Gasteiger charge is -2.14. The van der Waals surface area contributed by atoms with Crippen molar-refractivity contribution in [2.24, 2.45) is 0 Å². The van der Waals surface area contributed by atoms with Crippen LogP contribution in [0.5, 0.6) is 0 Å². The Morgan fingerprint density at radius 1 is 1.11 bits per heavy atom. The summed E-state index contributed by atoms with van der Waals surface area (Å²) >= 11 is 0. The van der Waals surface area contributed by atoms with Crippen molar-refractivity contribution in [1.82, 2.24) is 14.7 Å². The molecule has 1 heterocycles. The number of halogens is 1. The molecule has 0 saturated heterocycles. The zero-order valence-corrected chi connectivity index (χ0v) is 15.1. The molecular weight excluding hydrogens is 361 g/mol. The molecule has 0 fully saturated rings. The van der Waals surface area contributed by atoms with Gasteiger partial charge in [-0.25, -0.2) is 13.9 Å². The van der Waals surface area contributed by atoms with Crippen molar-refractivity contribution in [1.29, 1.82) is 0 Å². The van der Waals surface area contributed by atoms with Gasteiger partial charge in [-0.2, -0.15) is 5.10 Å². The lowest BCUT2D eigenvalue weighted by atomic mass is 10.1. The van der Waals surface area contributed by atoms with Crippen molar-refractivity contribution in [3.63, 3.8) is 0 Å². The fourth-order valence-corrected chi connectivity index (χ4v) is 2.69. The summed E-state index contributed by atoms with van der Waals surface area (Å²) in [6, 6.07) is 15.4. The number of hydrogen-bond acceptors (Lipinski definition) is 3. The molecular formula is C21H18FN3O3. The largest absolute Gasteiger partial charge is 0.478 e. The second kappa shape index (κ2) is 8.30. The van der Waals surface area contributed by atoms with Crippen LogP contribution in [-0.2, 0) is 16.1 Å². The molecule has 0 aliphatic heterocycles. The number of benzene rings is 2. The average molecular weight is 379 g/mol. The molecule has 3 rings (SSSR count). The first kappa shape index (κ1) is 19.0. The van der Waals surface area contributed by atoms with Crippen LogP contribution in [0.3, 0.4) is 0 Å². The molecule has 0 unspecified atom stereocenters. The first-order valence-electron chi connectivity index (χ1n) is 8.50. The zero-order valence-electron chi connectivity index (χ0n) is 15.1. The van der Waals surface area contributed by atoms with Crippen molar-refractivity contribution < 1.29 is 19.1 Å². The summed E-state index contributed by atoms with van der Waals surface area (Å²) < 4.78 is 15.0. The van der Waals surface area contributed by atoms with Crippen LogP contribution in [0.15, 0.2) is 72.9 Å². The second-order valence-electron chi connectivity index (χ2n) is 6.16. The van der Waals surface area contributed by atoms with Gasteiger partial charge in [-0.05, 0) is 36.4 Å². The van der Waals surface area contributed by atoms with Crippen molar-refractivity contribution in [3.05, 3.63) is 84.3 Å². The summed E-state index contributed by atoms with van der Waals surface area (Å²) in [7, 11) is 1.57. The van der Waals surface area contributed by atoms with Gasteiger partial charge < -0.3 is 10.0 Å². The van der Waals surface area contributed by atoms with E-state index in [1.54, 1.807) is 30.1 Å². The summed E-state index contributed by atoms with van der Waals surface area (Å²) in [6.07, 6.45) is 3.60. The molecule has 0 spiro atoms. The highest BCUT2D eigenvalue weighted by molar-refractivity contribution is 5.93. The summed E-state index contributed by atoms with van der Waals surface area (Å²) in [5.41, 5.74) is 2.92. The summed E-state index contributed by atoms with van der Waals surface area (Å²) in [4.78, 5) is 24.1. The number of nitrogens with zero attached hydrogens (tertiary/aromatic N) is 3. The first-order valence-corrected chi connectivity index (χ1v) is 8.50. The average Bonchev–Trinajstić information content (AvgIpc) is 3.11. The SMILES string of the molecule is CN(Cc1cn(-c2ccccc2)nc1-c1ccc(F)cc1)C(=O)C=CC(=O)O. The van der Waals surface area contributed by atoms with E-state index in [0.29, 0.717) is 11.3 Å². The minimum atomic E-state index is -1.19. The maximum atomic E-state index is 13.3. The Balaban J connectivity index is 1.96. The maximum Gasteiger partial charge on any atom is 0.328 e. The van der Waals surface area contributed by atoms with Gasteiger partial charge in [-0.15, -0.1) is 0 Å². The van der Waals surface area contributed by atoms with E-state index in [9.17, 15) is 14.0 Å². The first-order chi connectivity index (χ1) is 13.4. The van der Waals surface area contributed by atoms with Crippen molar-refractivity contribution in [2.45, 2.75) is 6.54 Å². The molecule has 3 aromatic rings. The van der Waals surface area contributed by atoms with Crippen LogP contribution < -0.4 is 0 Å². The van der Waals surface area contributed by atoms with Crippen LogP contribution >= 0.6 is 0 Å². The van der Waals surface area contributed by atoms with E-state index >= 15 is 0 Å². The fraction of sp³-hybridized carbons (Fsp3) is 0.0952. The van der Waals surface area contributed by atoms with Gasteiger partial charge in [0.25, 0.3) is 0 Å². The van der Waals surface area contributed by atoms with Crippen LogP contribution in [0.25, 0.3) is 16.9 Å². The van der Waals surface area contributed by atoms with Crippen molar-refractivity contribution in [3.8, 4) is 16.9 Å². The number of rotatable bonds is 6. The number of carbonyl (C=O) groups is 2. The fourth-order valence-electron chi connectivity index (χ4n) is 2.69. The molecule has 0 aliphatic carbocycles. The van der Waals surface area contributed by atoms with Crippen LogP contribution in [0, 0.1) is 5.82 Å². The summed E-state index contributed by atoms with van der Waals surface area (Å²) in [6.45, 7) is 0.211.